The molecule has 0 unspecified atom stereocenters. The molecule has 2 aromatic carbocycles. The Kier molecular flexibility index (Phi) is 7.69. The highest BCUT2D eigenvalue weighted by molar-refractivity contribution is 7.98. The second kappa shape index (κ2) is 9.52. The molecule has 0 fully saturated rings. The Morgan fingerprint density at radius 1 is 1.08 bits per heavy atom. The third-order valence-corrected chi connectivity index (χ3v) is 5.44. The van der Waals surface area contributed by atoms with Crippen LogP contribution in [0, 0.1) is 13.8 Å². The number of benzene rings is 2. The number of nitrogens with one attached hydrogen (secondary N) is 2. The summed E-state index contributed by atoms with van der Waals surface area (Å²) in [7, 11) is 0. The van der Waals surface area contributed by atoms with Gasteiger partial charge in [-0.05, 0) is 61.0 Å². The van der Waals surface area contributed by atoms with E-state index in [2.05, 4.69) is 42.7 Å². The van der Waals surface area contributed by atoms with Gasteiger partial charge in [-0.3, -0.25) is 0 Å². The summed E-state index contributed by atoms with van der Waals surface area (Å²) in [6, 6.07) is 12.0. The minimum Gasteiger partial charge on any atom is -0.362 e. The van der Waals surface area contributed by atoms with E-state index in [9.17, 15) is 0 Å². The van der Waals surface area contributed by atoms with Crippen molar-refractivity contribution in [3.8, 4) is 0 Å². The SMILES string of the molecule is Cc1ccc(C)c(NC(=S)NCCSCc2ccc(Cl)c(Cl)c2)c1. The van der Waals surface area contributed by atoms with Crippen molar-refractivity contribution < 1.29 is 0 Å². The maximum Gasteiger partial charge on any atom is 0.170 e. The summed E-state index contributed by atoms with van der Waals surface area (Å²) in [6.45, 7) is 4.95. The number of hydrogen-bond donors (Lipinski definition) is 2. The van der Waals surface area contributed by atoms with Crippen molar-refractivity contribution in [2.75, 3.05) is 17.6 Å². The van der Waals surface area contributed by atoms with E-state index in [1.165, 1.54) is 16.7 Å². The molecule has 6 heteroatoms. The molecule has 0 atom stereocenters. The van der Waals surface area contributed by atoms with Crippen LogP contribution < -0.4 is 10.6 Å². The predicted octanol–water partition coefficient (Wildman–Crippen LogP) is 5.83. The molecule has 0 aliphatic heterocycles. The lowest BCUT2D eigenvalue weighted by molar-refractivity contribution is 0.989. The molecule has 0 aliphatic carbocycles. The highest BCUT2D eigenvalue weighted by Gasteiger charge is 2.02. The van der Waals surface area contributed by atoms with E-state index in [-0.39, 0.29) is 0 Å². The zero-order valence-corrected chi connectivity index (χ0v) is 16.8. The van der Waals surface area contributed by atoms with Gasteiger partial charge in [0.05, 0.1) is 10.0 Å². The van der Waals surface area contributed by atoms with Crippen LogP contribution >= 0.6 is 47.2 Å². The van der Waals surface area contributed by atoms with Crippen molar-refractivity contribution in [1.82, 2.24) is 5.32 Å². The molecule has 0 bridgehead atoms. The van der Waals surface area contributed by atoms with Gasteiger partial charge in [0.25, 0.3) is 0 Å². The van der Waals surface area contributed by atoms with Crippen LogP contribution in [0.5, 0.6) is 0 Å². The molecular formula is C18H20Cl2N2S2. The summed E-state index contributed by atoms with van der Waals surface area (Å²) in [6.07, 6.45) is 0. The Bertz CT molecular complexity index is 720. The summed E-state index contributed by atoms with van der Waals surface area (Å²) in [4.78, 5) is 0. The fourth-order valence-electron chi connectivity index (χ4n) is 2.09. The Balaban J connectivity index is 1.69. The number of thioether (sulfide) groups is 1. The maximum absolute atomic E-state index is 6.02. The molecule has 2 aromatic rings. The molecule has 0 saturated heterocycles. The predicted molar refractivity (Wildman–Crippen MR) is 113 cm³/mol. The van der Waals surface area contributed by atoms with E-state index in [0.29, 0.717) is 15.2 Å². The van der Waals surface area contributed by atoms with Gasteiger partial charge in [-0.1, -0.05) is 41.4 Å². The van der Waals surface area contributed by atoms with E-state index in [1.54, 1.807) is 0 Å². The Morgan fingerprint density at radius 3 is 2.62 bits per heavy atom. The van der Waals surface area contributed by atoms with E-state index in [1.807, 2.05) is 30.0 Å². The van der Waals surface area contributed by atoms with Crippen molar-refractivity contribution in [3.05, 3.63) is 63.1 Å². The summed E-state index contributed by atoms with van der Waals surface area (Å²) in [5.41, 5.74) is 4.61. The lowest BCUT2D eigenvalue weighted by Crippen LogP contribution is -2.30. The van der Waals surface area contributed by atoms with Gasteiger partial charge < -0.3 is 10.6 Å². The number of hydrogen-bond acceptors (Lipinski definition) is 2. The minimum absolute atomic E-state index is 0.593. The lowest BCUT2D eigenvalue weighted by atomic mass is 10.1. The van der Waals surface area contributed by atoms with Gasteiger partial charge in [0.2, 0.25) is 0 Å². The smallest absolute Gasteiger partial charge is 0.170 e. The van der Waals surface area contributed by atoms with Crippen LogP contribution in [-0.2, 0) is 5.75 Å². The van der Waals surface area contributed by atoms with Crippen LogP contribution in [0.2, 0.25) is 10.0 Å². The zero-order valence-electron chi connectivity index (χ0n) is 13.7. The topological polar surface area (TPSA) is 24.1 Å². The van der Waals surface area contributed by atoms with Crippen molar-refractivity contribution in [2.45, 2.75) is 19.6 Å². The van der Waals surface area contributed by atoms with Crippen molar-refractivity contribution in [3.63, 3.8) is 0 Å². The molecule has 2 nitrogen and oxygen atoms in total. The van der Waals surface area contributed by atoms with E-state index in [0.717, 1.165) is 23.7 Å². The second-order valence-corrected chi connectivity index (χ2v) is 7.83. The van der Waals surface area contributed by atoms with Gasteiger partial charge in [0.15, 0.2) is 5.11 Å². The van der Waals surface area contributed by atoms with E-state index in [4.69, 9.17) is 35.4 Å². The summed E-state index contributed by atoms with van der Waals surface area (Å²) >= 11 is 19.1. The minimum atomic E-state index is 0.593. The quantitative estimate of drug-likeness (QED) is 0.471. The largest absolute Gasteiger partial charge is 0.362 e. The van der Waals surface area contributed by atoms with Crippen molar-refractivity contribution in [1.29, 1.82) is 0 Å². The molecule has 0 spiro atoms. The van der Waals surface area contributed by atoms with Gasteiger partial charge in [-0.2, -0.15) is 11.8 Å². The van der Waals surface area contributed by atoms with Crippen LogP contribution in [-0.4, -0.2) is 17.4 Å². The summed E-state index contributed by atoms with van der Waals surface area (Å²) in [5, 5.41) is 8.34. The molecule has 0 heterocycles. The summed E-state index contributed by atoms with van der Waals surface area (Å²) < 4.78 is 0. The molecule has 128 valence electrons. The number of thiocarbonyl (C=S) groups is 1. The fraction of sp³-hybridized carbons (Fsp3) is 0.278. The number of halogens is 2. The van der Waals surface area contributed by atoms with Crippen molar-refractivity contribution in [2.24, 2.45) is 0 Å². The lowest BCUT2D eigenvalue weighted by Gasteiger charge is -2.13. The average Bonchev–Trinajstić information content (AvgIpc) is 2.54. The molecule has 24 heavy (non-hydrogen) atoms. The molecule has 0 aromatic heterocycles. The first-order valence-corrected chi connectivity index (χ1v) is 9.91. The van der Waals surface area contributed by atoms with Gasteiger partial charge in [0, 0.05) is 23.7 Å². The highest BCUT2D eigenvalue weighted by Crippen LogP contribution is 2.24. The summed E-state index contributed by atoms with van der Waals surface area (Å²) in [5.74, 6) is 1.85. The first-order chi connectivity index (χ1) is 11.5. The molecule has 2 N–H and O–H groups in total. The fourth-order valence-corrected chi connectivity index (χ4v) is 3.43. The highest BCUT2D eigenvalue weighted by atomic mass is 35.5. The molecule has 0 amide bonds. The van der Waals surface area contributed by atoms with Gasteiger partial charge in [0.1, 0.15) is 0 Å². The third-order valence-electron chi connectivity index (χ3n) is 3.43. The maximum atomic E-state index is 6.02. The third kappa shape index (κ3) is 6.17. The average molecular weight is 399 g/mol. The van der Waals surface area contributed by atoms with Gasteiger partial charge in [-0.25, -0.2) is 0 Å². The molecule has 0 radical (unpaired) electrons. The number of anilines is 1. The van der Waals surface area contributed by atoms with Gasteiger partial charge >= 0.3 is 0 Å². The molecule has 2 rings (SSSR count). The van der Waals surface area contributed by atoms with Crippen LogP contribution in [0.3, 0.4) is 0 Å². The first-order valence-electron chi connectivity index (χ1n) is 7.59. The van der Waals surface area contributed by atoms with E-state index >= 15 is 0 Å². The van der Waals surface area contributed by atoms with Crippen LogP contribution in [0.4, 0.5) is 5.69 Å². The Labute approximate surface area is 163 Å². The molecule has 0 saturated carbocycles. The monoisotopic (exact) mass is 398 g/mol. The first kappa shape index (κ1) is 19.4. The van der Waals surface area contributed by atoms with E-state index < -0.39 is 0 Å². The van der Waals surface area contributed by atoms with Crippen LogP contribution in [0.15, 0.2) is 36.4 Å². The van der Waals surface area contributed by atoms with Crippen LogP contribution in [0.1, 0.15) is 16.7 Å². The number of aryl methyl sites for hydroxylation is 2. The normalized spacial score (nSPS) is 10.5. The van der Waals surface area contributed by atoms with Gasteiger partial charge in [-0.15, -0.1) is 0 Å². The Hall–Kier alpha value is -0.940. The number of rotatable bonds is 6. The standard InChI is InChI=1S/C18H20Cl2N2S2/c1-12-3-4-13(2)17(9-12)22-18(23)21-7-8-24-11-14-5-6-15(19)16(20)10-14/h3-6,9-10H,7-8,11H2,1-2H3,(H2,21,22,23). The second-order valence-electron chi connectivity index (χ2n) is 5.50. The van der Waals surface area contributed by atoms with Crippen molar-refractivity contribution >= 4 is 58.0 Å². The Morgan fingerprint density at radius 2 is 1.88 bits per heavy atom. The molecular weight excluding hydrogens is 379 g/mol. The molecule has 0 aliphatic rings. The zero-order chi connectivity index (χ0) is 17.5. The van der Waals surface area contributed by atoms with Crippen LogP contribution in [0.25, 0.3) is 0 Å².